The summed E-state index contributed by atoms with van der Waals surface area (Å²) in [7, 11) is 0. The molecule has 1 aromatic heterocycles. The van der Waals surface area contributed by atoms with Crippen molar-refractivity contribution in [2.45, 2.75) is 13.3 Å². The summed E-state index contributed by atoms with van der Waals surface area (Å²) in [6.07, 6.45) is 0.708. The molecule has 0 saturated heterocycles. The minimum Gasteiger partial charge on any atom is -0.461 e. The molecule has 76 valence electrons. The lowest BCUT2D eigenvalue weighted by Crippen LogP contribution is -2.07. The Hall–Kier alpha value is -2.27. The molecular formula is C10H9N3O2. The standard InChI is InChI=1S/C10H9N3O2/c1-2-3-15-10(14)9-7(5-11)4-8(6-12)13-9/h4,13H,2-3H2,1H3. The second kappa shape index (κ2) is 4.83. The average molecular weight is 203 g/mol. The van der Waals surface area contributed by atoms with Crippen molar-refractivity contribution < 1.29 is 9.53 Å². The number of hydrogen-bond acceptors (Lipinski definition) is 4. The number of H-pyrrole nitrogens is 1. The van der Waals surface area contributed by atoms with Gasteiger partial charge in [-0.15, -0.1) is 0 Å². The number of carbonyl (C=O) groups excluding carboxylic acids is 1. The van der Waals surface area contributed by atoms with E-state index in [0.717, 1.165) is 0 Å². The van der Waals surface area contributed by atoms with Crippen molar-refractivity contribution in [3.8, 4) is 12.1 Å². The molecule has 0 atom stereocenters. The average Bonchev–Trinajstić information content (AvgIpc) is 2.69. The monoisotopic (exact) mass is 203 g/mol. The van der Waals surface area contributed by atoms with Gasteiger partial charge in [0.05, 0.1) is 12.2 Å². The molecule has 1 N–H and O–H groups in total. The van der Waals surface area contributed by atoms with Gasteiger partial charge in [-0.2, -0.15) is 10.5 Å². The lowest BCUT2D eigenvalue weighted by Gasteiger charge is -2.00. The number of carbonyl (C=O) groups is 1. The summed E-state index contributed by atoms with van der Waals surface area (Å²) in [5.41, 5.74) is 0.352. The van der Waals surface area contributed by atoms with Crippen LogP contribution in [0.15, 0.2) is 6.07 Å². The van der Waals surface area contributed by atoms with Gasteiger partial charge in [0.2, 0.25) is 0 Å². The second-order valence-corrected chi connectivity index (χ2v) is 2.83. The maximum absolute atomic E-state index is 11.4. The molecule has 0 aromatic carbocycles. The highest BCUT2D eigenvalue weighted by Crippen LogP contribution is 2.10. The summed E-state index contributed by atoms with van der Waals surface area (Å²) in [4.78, 5) is 13.9. The molecule has 0 amide bonds. The number of ether oxygens (including phenoxy) is 1. The summed E-state index contributed by atoms with van der Waals surface area (Å²) < 4.78 is 4.85. The Morgan fingerprint density at radius 1 is 1.53 bits per heavy atom. The summed E-state index contributed by atoms with van der Waals surface area (Å²) in [5.74, 6) is -0.602. The highest BCUT2D eigenvalue weighted by atomic mass is 16.5. The largest absolute Gasteiger partial charge is 0.461 e. The van der Waals surface area contributed by atoms with E-state index < -0.39 is 5.97 Å². The zero-order valence-corrected chi connectivity index (χ0v) is 8.20. The molecule has 0 aliphatic heterocycles. The van der Waals surface area contributed by atoms with Crippen molar-refractivity contribution in [3.05, 3.63) is 23.0 Å². The van der Waals surface area contributed by atoms with Gasteiger partial charge in [0, 0.05) is 0 Å². The number of aromatic amines is 1. The topological polar surface area (TPSA) is 89.7 Å². The van der Waals surface area contributed by atoms with Crippen LogP contribution in [0.1, 0.15) is 35.1 Å². The Kier molecular flexibility index (Phi) is 3.48. The van der Waals surface area contributed by atoms with E-state index in [0.29, 0.717) is 13.0 Å². The number of aromatic nitrogens is 1. The van der Waals surface area contributed by atoms with Crippen LogP contribution in [0.3, 0.4) is 0 Å². The van der Waals surface area contributed by atoms with Crippen LogP contribution < -0.4 is 0 Å². The van der Waals surface area contributed by atoms with E-state index in [9.17, 15) is 4.79 Å². The highest BCUT2D eigenvalue weighted by Gasteiger charge is 2.16. The lowest BCUT2D eigenvalue weighted by molar-refractivity contribution is 0.0498. The fourth-order valence-corrected chi connectivity index (χ4v) is 1.03. The number of hydrogen-bond donors (Lipinski definition) is 1. The van der Waals surface area contributed by atoms with Crippen molar-refractivity contribution in [2.75, 3.05) is 6.61 Å². The maximum Gasteiger partial charge on any atom is 0.356 e. The molecule has 0 saturated carbocycles. The molecule has 15 heavy (non-hydrogen) atoms. The van der Waals surface area contributed by atoms with Crippen LogP contribution in [0.25, 0.3) is 0 Å². The van der Waals surface area contributed by atoms with Crippen molar-refractivity contribution in [3.63, 3.8) is 0 Å². The van der Waals surface area contributed by atoms with Crippen LogP contribution in [0.4, 0.5) is 0 Å². The third-order valence-corrected chi connectivity index (χ3v) is 1.70. The first-order valence-electron chi connectivity index (χ1n) is 4.43. The fraction of sp³-hybridized carbons (Fsp3) is 0.300. The van der Waals surface area contributed by atoms with Gasteiger partial charge in [0.15, 0.2) is 0 Å². The predicted molar refractivity (Wildman–Crippen MR) is 50.8 cm³/mol. The highest BCUT2D eigenvalue weighted by molar-refractivity contribution is 5.90. The van der Waals surface area contributed by atoms with Crippen LogP contribution in [0.2, 0.25) is 0 Å². The first kappa shape index (κ1) is 10.8. The number of esters is 1. The molecule has 0 aliphatic carbocycles. The molecule has 0 bridgehead atoms. The van der Waals surface area contributed by atoms with Crippen LogP contribution in [0.5, 0.6) is 0 Å². The predicted octanol–water partition coefficient (Wildman–Crippen LogP) is 1.32. The molecular weight excluding hydrogens is 194 g/mol. The van der Waals surface area contributed by atoms with Gasteiger partial charge in [0.1, 0.15) is 23.5 Å². The number of nitriles is 2. The molecule has 0 radical (unpaired) electrons. The van der Waals surface area contributed by atoms with Crippen LogP contribution >= 0.6 is 0 Å². The molecule has 5 nitrogen and oxygen atoms in total. The van der Waals surface area contributed by atoms with Gasteiger partial charge in [-0.25, -0.2) is 4.79 Å². The lowest BCUT2D eigenvalue weighted by atomic mass is 10.2. The van der Waals surface area contributed by atoms with E-state index in [4.69, 9.17) is 15.3 Å². The quantitative estimate of drug-likeness (QED) is 0.750. The first-order chi connectivity index (χ1) is 7.22. The summed E-state index contributed by atoms with van der Waals surface area (Å²) >= 11 is 0. The molecule has 1 aromatic rings. The Balaban J connectivity index is 2.94. The van der Waals surface area contributed by atoms with Crippen molar-refractivity contribution in [1.82, 2.24) is 4.98 Å². The second-order valence-electron chi connectivity index (χ2n) is 2.83. The first-order valence-corrected chi connectivity index (χ1v) is 4.43. The van der Waals surface area contributed by atoms with Gasteiger partial charge >= 0.3 is 5.97 Å². The number of rotatable bonds is 3. The molecule has 0 fully saturated rings. The minimum atomic E-state index is -0.602. The van der Waals surface area contributed by atoms with Crippen LogP contribution in [0, 0.1) is 22.7 Å². The Morgan fingerprint density at radius 2 is 2.27 bits per heavy atom. The van der Waals surface area contributed by atoms with Gasteiger partial charge in [-0.1, -0.05) is 6.92 Å². The minimum absolute atomic E-state index is 0.0440. The van der Waals surface area contributed by atoms with Crippen molar-refractivity contribution >= 4 is 5.97 Å². The summed E-state index contributed by atoms with van der Waals surface area (Å²) in [5, 5.41) is 17.3. The SMILES string of the molecule is CCCOC(=O)c1[nH]c(C#N)cc1C#N. The van der Waals surface area contributed by atoms with Crippen molar-refractivity contribution in [2.24, 2.45) is 0 Å². The molecule has 0 spiro atoms. The summed E-state index contributed by atoms with van der Waals surface area (Å²) in [6, 6.07) is 4.96. The molecule has 1 rings (SSSR count). The van der Waals surface area contributed by atoms with E-state index in [1.807, 2.05) is 19.1 Å². The van der Waals surface area contributed by atoms with Gasteiger partial charge in [-0.3, -0.25) is 0 Å². The van der Waals surface area contributed by atoms with E-state index in [2.05, 4.69) is 4.98 Å². The van der Waals surface area contributed by atoms with Gasteiger partial charge < -0.3 is 9.72 Å². The normalized spacial score (nSPS) is 9.00. The van der Waals surface area contributed by atoms with Gasteiger partial charge in [0.25, 0.3) is 0 Å². The van der Waals surface area contributed by atoms with Gasteiger partial charge in [-0.05, 0) is 12.5 Å². The van der Waals surface area contributed by atoms with E-state index in [-0.39, 0.29) is 17.0 Å². The third-order valence-electron chi connectivity index (χ3n) is 1.70. The van der Waals surface area contributed by atoms with E-state index in [1.165, 1.54) is 6.07 Å². The zero-order chi connectivity index (χ0) is 11.3. The molecule has 5 heteroatoms. The Morgan fingerprint density at radius 3 is 2.80 bits per heavy atom. The molecule has 1 heterocycles. The zero-order valence-electron chi connectivity index (χ0n) is 8.20. The van der Waals surface area contributed by atoms with Crippen LogP contribution in [-0.2, 0) is 4.74 Å². The third kappa shape index (κ3) is 2.35. The number of nitrogens with zero attached hydrogens (tertiary/aromatic N) is 2. The summed E-state index contributed by atoms with van der Waals surface area (Å²) in [6.45, 7) is 2.17. The maximum atomic E-state index is 11.4. The molecule has 0 aliphatic rings. The van der Waals surface area contributed by atoms with E-state index >= 15 is 0 Å². The van der Waals surface area contributed by atoms with E-state index in [1.54, 1.807) is 0 Å². The van der Waals surface area contributed by atoms with Crippen molar-refractivity contribution in [1.29, 1.82) is 10.5 Å². The Bertz CT molecular complexity index is 448. The smallest absolute Gasteiger partial charge is 0.356 e. The molecule has 0 unspecified atom stereocenters. The number of nitrogens with one attached hydrogen (secondary N) is 1. The Labute approximate surface area is 86.9 Å². The van der Waals surface area contributed by atoms with Crippen LogP contribution in [-0.4, -0.2) is 17.6 Å². The fourth-order valence-electron chi connectivity index (χ4n) is 1.03.